The molecule has 2 heterocycles. The number of rotatable bonds is 3. The van der Waals surface area contributed by atoms with Crippen LogP contribution in [0.15, 0.2) is 34.9 Å². The van der Waals surface area contributed by atoms with E-state index >= 15 is 0 Å². The van der Waals surface area contributed by atoms with Gasteiger partial charge in [0.05, 0.1) is 12.1 Å². The molecule has 3 rings (SSSR count). The lowest BCUT2D eigenvalue weighted by atomic mass is 9.93. The number of nitrogens with two attached hydrogens (primary N) is 1. The average molecular weight is 303 g/mol. The van der Waals surface area contributed by atoms with E-state index in [0.717, 1.165) is 24.1 Å². The Morgan fingerprint density at radius 3 is 2.59 bits per heavy atom. The monoisotopic (exact) mass is 303 g/mol. The Balaban J connectivity index is 1.54. The first-order valence-electron chi connectivity index (χ1n) is 7.36. The molecule has 1 amide bonds. The van der Waals surface area contributed by atoms with Gasteiger partial charge in [-0.3, -0.25) is 4.79 Å². The predicted octanol–water partition coefficient (Wildman–Crippen LogP) is 2.34. The van der Waals surface area contributed by atoms with E-state index in [0.29, 0.717) is 25.4 Å². The molecule has 0 aliphatic carbocycles. The Hall–Kier alpha value is -2.37. The maximum absolute atomic E-state index is 12.9. The standard InChI is InChI=1S/C16H18FN3O2/c17-13-3-1-11(2-4-13)9-16(21)20-7-5-12(6-8-20)14-10-15(18)22-19-14/h1-4,10,12H,5-9,18H2. The molecule has 0 radical (unpaired) electrons. The number of nitrogens with zero attached hydrogens (tertiary/aromatic N) is 2. The molecule has 0 unspecified atom stereocenters. The van der Waals surface area contributed by atoms with Crippen LogP contribution in [0.2, 0.25) is 0 Å². The zero-order valence-corrected chi connectivity index (χ0v) is 12.2. The van der Waals surface area contributed by atoms with Gasteiger partial charge in [-0.1, -0.05) is 17.3 Å². The lowest BCUT2D eigenvalue weighted by molar-refractivity contribution is -0.131. The topological polar surface area (TPSA) is 72.4 Å². The highest BCUT2D eigenvalue weighted by molar-refractivity contribution is 5.78. The van der Waals surface area contributed by atoms with Crippen LogP contribution in [0.4, 0.5) is 10.3 Å². The number of anilines is 1. The van der Waals surface area contributed by atoms with Crippen LogP contribution in [0, 0.1) is 5.82 Å². The van der Waals surface area contributed by atoms with Gasteiger partial charge in [-0.15, -0.1) is 0 Å². The minimum absolute atomic E-state index is 0.0738. The van der Waals surface area contributed by atoms with Crippen molar-refractivity contribution in [3.63, 3.8) is 0 Å². The molecule has 0 spiro atoms. The first-order chi connectivity index (χ1) is 10.6. The zero-order valence-electron chi connectivity index (χ0n) is 12.2. The Bertz CT molecular complexity index is 646. The number of piperidine rings is 1. The van der Waals surface area contributed by atoms with Crippen LogP contribution in [0.25, 0.3) is 0 Å². The third-order valence-corrected chi connectivity index (χ3v) is 4.08. The minimum Gasteiger partial charge on any atom is -0.368 e. The third kappa shape index (κ3) is 3.27. The summed E-state index contributed by atoms with van der Waals surface area (Å²) < 4.78 is 17.8. The second-order valence-electron chi connectivity index (χ2n) is 5.61. The maximum Gasteiger partial charge on any atom is 0.226 e. The van der Waals surface area contributed by atoms with Crippen molar-refractivity contribution < 1.29 is 13.7 Å². The van der Waals surface area contributed by atoms with Gasteiger partial charge in [0.2, 0.25) is 11.8 Å². The molecule has 0 bridgehead atoms. The van der Waals surface area contributed by atoms with Gasteiger partial charge in [0.1, 0.15) is 5.82 Å². The maximum atomic E-state index is 12.9. The number of carbonyl (C=O) groups excluding carboxylic acids is 1. The molecule has 2 aromatic rings. The van der Waals surface area contributed by atoms with Crippen molar-refractivity contribution >= 4 is 11.8 Å². The molecule has 2 N–H and O–H groups in total. The second-order valence-corrected chi connectivity index (χ2v) is 5.61. The fraction of sp³-hybridized carbons (Fsp3) is 0.375. The van der Waals surface area contributed by atoms with Crippen LogP contribution in [-0.4, -0.2) is 29.1 Å². The minimum atomic E-state index is -0.288. The van der Waals surface area contributed by atoms with Crippen LogP contribution >= 0.6 is 0 Å². The van der Waals surface area contributed by atoms with Crippen molar-refractivity contribution in [3.8, 4) is 0 Å². The number of benzene rings is 1. The Morgan fingerprint density at radius 2 is 2.00 bits per heavy atom. The normalized spacial score (nSPS) is 16.0. The smallest absolute Gasteiger partial charge is 0.226 e. The molecule has 0 saturated carbocycles. The van der Waals surface area contributed by atoms with Gasteiger partial charge in [0.25, 0.3) is 0 Å². The third-order valence-electron chi connectivity index (χ3n) is 4.08. The largest absolute Gasteiger partial charge is 0.368 e. The summed E-state index contributed by atoms with van der Waals surface area (Å²) in [7, 11) is 0. The summed E-state index contributed by atoms with van der Waals surface area (Å²) in [6, 6.07) is 7.81. The Labute approximate surface area is 127 Å². The lowest BCUT2D eigenvalue weighted by Crippen LogP contribution is -2.38. The summed E-state index contributed by atoms with van der Waals surface area (Å²) in [5, 5.41) is 3.95. The Morgan fingerprint density at radius 1 is 1.32 bits per heavy atom. The molecule has 116 valence electrons. The van der Waals surface area contributed by atoms with Gasteiger partial charge >= 0.3 is 0 Å². The number of hydrogen-bond donors (Lipinski definition) is 1. The summed E-state index contributed by atoms with van der Waals surface area (Å²) in [4.78, 5) is 14.1. The highest BCUT2D eigenvalue weighted by atomic mass is 19.1. The highest BCUT2D eigenvalue weighted by Crippen LogP contribution is 2.28. The number of aromatic nitrogens is 1. The summed E-state index contributed by atoms with van der Waals surface area (Å²) in [5.74, 6) is 0.398. The molecule has 1 saturated heterocycles. The zero-order chi connectivity index (χ0) is 15.5. The first kappa shape index (κ1) is 14.6. The molecule has 1 aliphatic rings. The lowest BCUT2D eigenvalue weighted by Gasteiger charge is -2.31. The Kier molecular flexibility index (Phi) is 4.09. The van der Waals surface area contributed by atoms with E-state index in [1.165, 1.54) is 12.1 Å². The summed E-state index contributed by atoms with van der Waals surface area (Å²) in [5.41, 5.74) is 7.23. The molecule has 22 heavy (non-hydrogen) atoms. The number of halogens is 1. The van der Waals surface area contributed by atoms with Crippen molar-refractivity contribution in [1.29, 1.82) is 0 Å². The fourth-order valence-corrected chi connectivity index (χ4v) is 2.81. The average Bonchev–Trinajstić information content (AvgIpc) is 2.96. The van der Waals surface area contributed by atoms with E-state index in [4.69, 9.17) is 10.3 Å². The van der Waals surface area contributed by atoms with Gasteiger partial charge in [-0.05, 0) is 30.5 Å². The molecule has 1 fully saturated rings. The SMILES string of the molecule is Nc1cc(C2CCN(C(=O)Cc3ccc(F)cc3)CC2)no1. The molecule has 0 atom stereocenters. The quantitative estimate of drug-likeness (QED) is 0.944. The van der Waals surface area contributed by atoms with Crippen molar-refractivity contribution in [2.75, 3.05) is 18.8 Å². The highest BCUT2D eigenvalue weighted by Gasteiger charge is 2.25. The molecule has 5 nitrogen and oxygen atoms in total. The van der Waals surface area contributed by atoms with Gasteiger partial charge in [0, 0.05) is 25.1 Å². The molecular weight excluding hydrogens is 285 g/mol. The van der Waals surface area contributed by atoms with Gasteiger partial charge in [-0.2, -0.15) is 0 Å². The van der Waals surface area contributed by atoms with Crippen molar-refractivity contribution in [2.24, 2.45) is 0 Å². The van der Waals surface area contributed by atoms with E-state index in [2.05, 4.69) is 5.16 Å². The first-order valence-corrected chi connectivity index (χ1v) is 7.36. The molecule has 1 aliphatic heterocycles. The van der Waals surface area contributed by atoms with E-state index < -0.39 is 0 Å². The summed E-state index contributed by atoms with van der Waals surface area (Å²) in [6.45, 7) is 1.38. The van der Waals surface area contributed by atoms with Crippen LogP contribution in [0.3, 0.4) is 0 Å². The van der Waals surface area contributed by atoms with E-state index in [9.17, 15) is 9.18 Å². The number of amides is 1. The summed E-state index contributed by atoms with van der Waals surface area (Å²) in [6.07, 6.45) is 2.00. The number of nitrogen functional groups attached to an aromatic ring is 1. The molecule has 1 aromatic carbocycles. The van der Waals surface area contributed by atoms with Gasteiger partial charge in [0.15, 0.2) is 0 Å². The van der Waals surface area contributed by atoms with E-state index in [-0.39, 0.29) is 17.6 Å². The van der Waals surface area contributed by atoms with Gasteiger partial charge < -0.3 is 15.2 Å². The van der Waals surface area contributed by atoms with Crippen molar-refractivity contribution in [1.82, 2.24) is 10.1 Å². The van der Waals surface area contributed by atoms with Crippen LogP contribution in [-0.2, 0) is 11.2 Å². The number of likely N-dealkylation sites (tertiary alicyclic amines) is 1. The van der Waals surface area contributed by atoms with Gasteiger partial charge in [-0.25, -0.2) is 4.39 Å². The van der Waals surface area contributed by atoms with E-state index in [1.54, 1.807) is 18.2 Å². The van der Waals surface area contributed by atoms with Crippen molar-refractivity contribution in [2.45, 2.75) is 25.2 Å². The van der Waals surface area contributed by atoms with E-state index in [1.807, 2.05) is 4.90 Å². The molecular formula is C16H18FN3O2. The van der Waals surface area contributed by atoms with Crippen LogP contribution in [0.1, 0.15) is 30.0 Å². The van der Waals surface area contributed by atoms with Crippen LogP contribution < -0.4 is 5.73 Å². The predicted molar refractivity (Wildman–Crippen MR) is 79.6 cm³/mol. The van der Waals surface area contributed by atoms with Crippen LogP contribution in [0.5, 0.6) is 0 Å². The number of hydrogen-bond acceptors (Lipinski definition) is 4. The second kappa shape index (κ2) is 6.17. The van der Waals surface area contributed by atoms with Crippen molar-refractivity contribution in [3.05, 3.63) is 47.4 Å². The molecule has 1 aromatic heterocycles. The summed E-state index contributed by atoms with van der Waals surface area (Å²) >= 11 is 0. The molecule has 6 heteroatoms. The fourth-order valence-electron chi connectivity index (χ4n) is 2.81. The number of carbonyl (C=O) groups is 1.